The summed E-state index contributed by atoms with van der Waals surface area (Å²) in [6.07, 6.45) is 0.989. The Morgan fingerprint density at radius 1 is 1.41 bits per heavy atom. The van der Waals surface area contributed by atoms with Crippen molar-refractivity contribution in [2.45, 2.75) is 33.2 Å². The summed E-state index contributed by atoms with van der Waals surface area (Å²) in [5, 5.41) is 3.34. The molecule has 1 N–H and O–H groups in total. The van der Waals surface area contributed by atoms with Crippen LogP contribution in [0.3, 0.4) is 0 Å². The van der Waals surface area contributed by atoms with Crippen LogP contribution >= 0.6 is 0 Å². The van der Waals surface area contributed by atoms with E-state index in [4.69, 9.17) is 0 Å². The van der Waals surface area contributed by atoms with Gasteiger partial charge in [-0.1, -0.05) is 26.8 Å². The number of amides is 1. The molecule has 0 bridgehead atoms. The van der Waals surface area contributed by atoms with Gasteiger partial charge < -0.3 is 10.2 Å². The molecule has 0 saturated heterocycles. The molecule has 3 heteroatoms. The van der Waals surface area contributed by atoms with Crippen molar-refractivity contribution in [3.8, 4) is 0 Å². The largest absolute Gasteiger partial charge is 0.372 e. The molecular weight excluding hydrogens is 212 g/mol. The quantitative estimate of drug-likeness (QED) is 0.850. The van der Waals surface area contributed by atoms with Gasteiger partial charge in [0.05, 0.1) is 11.4 Å². The van der Waals surface area contributed by atoms with E-state index in [1.807, 2.05) is 7.05 Å². The normalized spacial score (nSPS) is 19.2. The monoisotopic (exact) mass is 232 g/mol. The standard InChI is InChI=1S/C14H20N2O/c1-5-10-6-7-11-12(8-10)16(4)14(17)13(15-11)9(2)3/h6-9,13,15H,5H2,1-4H3. The van der Waals surface area contributed by atoms with E-state index in [1.165, 1.54) is 5.56 Å². The fourth-order valence-electron chi connectivity index (χ4n) is 2.21. The zero-order valence-corrected chi connectivity index (χ0v) is 10.9. The fraction of sp³-hybridized carbons (Fsp3) is 0.500. The van der Waals surface area contributed by atoms with Gasteiger partial charge in [-0.15, -0.1) is 0 Å². The first-order chi connectivity index (χ1) is 8.04. The van der Waals surface area contributed by atoms with E-state index in [1.54, 1.807) is 4.90 Å². The molecule has 0 saturated carbocycles. The van der Waals surface area contributed by atoms with E-state index in [9.17, 15) is 4.79 Å². The van der Waals surface area contributed by atoms with Crippen molar-refractivity contribution in [3.63, 3.8) is 0 Å². The van der Waals surface area contributed by atoms with Gasteiger partial charge in [-0.25, -0.2) is 0 Å². The van der Waals surface area contributed by atoms with Crippen molar-refractivity contribution in [1.29, 1.82) is 0 Å². The van der Waals surface area contributed by atoms with Gasteiger partial charge >= 0.3 is 0 Å². The van der Waals surface area contributed by atoms with E-state index in [0.717, 1.165) is 17.8 Å². The number of hydrogen-bond donors (Lipinski definition) is 1. The summed E-state index contributed by atoms with van der Waals surface area (Å²) in [6, 6.07) is 6.18. The van der Waals surface area contributed by atoms with Crippen LogP contribution in [0.2, 0.25) is 0 Å². The highest BCUT2D eigenvalue weighted by Crippen LogP contribution is 2.33. The minimum Gasteiger partial charge on any atom is -0.372 e. The molecule has 2 rings (SSSR count). The number of likely N-dealkylation sites (N-methyl/N-ethyl adjacent to an activating group) is 1. The fourth-order valence-corrected chi connectivity index (χ4v) is 2.21. The summed E-state index contributed by atoms with van der Waals surface area (Å²) in [5.74, 6) is 0.449. The highest BCUT2D eigenvalue weighted by atomic mass is 16.2. The van der Waals surface area contributed by atoms with Gasteiger partial charge in [0.1, 0.15) is 6.04 Å². The van der Waals surface area contributed by atoms with E-state index in [-0.39, 0.29) is 11.9 Å². The van der Waals surface area contributed by atoms with Gasteiger partial charge in [-0.05, 0) is 30.0 Å². The van der Waals surface area contributed by atoms with E-state index in [2.05, 4.69) is 44.3 Å². The van der Waals surface area contributed by atoms with Crippen molar-refractivity contribution < 1.29 is 4.79 Å². The van der Waals surface area contributed by atoms with Gasteiger partial charge in [0.15, 0.2) is 0 Å². The van der Waals surface area contributed by atoms with Crippen LogP contribution in [0.25, 0.3) is 0 Å². The van der Waals surface area contributed by atoms with Crippen LogP contribution < -0.4 is 10.2 Å². The number of hydrogen-bond acceptors (Lipinski definition) is 2. The molecule has 0 fully saturated rings. The van der Waals surface area contributed by atoms with Crippen LogP contribution in [0.15, 0.2) is 18.2 Å². The molecule has 0 aromatic heterocycles. The molecule has 1 aromatic carbocycles. The molecule has 1 aliphatic heterocycles. The number of fused-ring (bicyclic) bond motifs is 1. The Bertz CT molecular complexity index is 440. The van der Waals surface area contributed by atoms with Crippen molar-refractivity contribution in [2.24, 2.45) is 5.92 Å². The number of anilines is 2. The van der Waals surface area contributed by atoms with Gasteiger partial charge in [-0.3, -0.25) is 4.79 Å². The lowest BCUT2D eigenvalue weighted by atomic mass is 9.98. The number of benzene rings is 1. The molecule has 1 atom stereocenters. The second kappa shape index (κ2) is 4.40. The average molecular weight is 232 g/mol. The summed E-state index contributed by atoms with van der Waals surface area (Å²) in [4.78, 5) is 14.0. The molecule has 0 spiro atoms. The summed E-state index contributed by atoms with van der Waals surface area (Å²) < 4.78 is 0. The van der Waals surface area contributed by atoms with E-state index in [0.29, 0.717) is 5.92 Å². The second-order valence-electron chi connectivity index (χ2n) is 4.97. The Kier molecular flexibility index (Phi) is 3.09. The molecule has 1 aromatic rings. The predicted octanol–water partition coefficient (Wildman–Crippen LogP) is 2.66. The smallest absolute Gasteiger partial charge is 0.249 e. The first kappa shape index (κ1) is 12.0. The van der Waals surface area contributed by atoms with Gasteiger partial charge in [0.2, 0.25) is 5.91 Å². The lowest BCUT2D eigenvalue weighted by Crippen LogP contribution is -2.47. The molecule has 1 amide bonds. The van der Waals surface area contributed by atoms with Crippen molar-refractivity contribution >= 4 is 17.3 Å². The third kappa shape index (κ3) is 2.02. The first-order valence-corrected chi connectivity index (χ1v) is 6.21. The summed E-state index contributed by atoms with van der Waals surface area (Å²) in [5.41, 5.74) is 3.31. The highest BCUT2D eigenvalue weighted by molar-refractivity contribution is 6.04. The zero-order valence-electron chi connectivity index (χ0n) is 10.9. The molecule has 1 aliphatic rings. The van der Waals surface area contributed by atoms with Crippen LogP contribution in [0.4, 0.5) is 11.4 Å². The zero-order chi connectivity index (χ0) is 12.6. The lowest BCUT2D eigenvalue weighted by Gasteiger charge is -2.35. The molecule has 17 heavy (non-hydrogen) atoms. The van der Waals surface area contributed by atoms with Crippen molar-refractivity contribution in [3.05, 3.63) is 23.8 Å². The number of nitrogens with zero attached hydrogens (tertiary/aromatic N) is 1. The summed E-state index contributed by atoms with van der Waals surface area (Å²) >= 11 is 0. The molecule has 92 valence electrons. The van der Waals surface area contributed by atoms with Crippen molar-refractivity contribution in [1.82, 2.24) is 0 Å². The van der Waals surface area contributed by atoms with Crippen LogP contribution in [-0.4, -0.2) is 19.0 Å². The third-order valence-corrected chi connectivity index (χ3v) is 3.41. The number of carbonyl (C=O) groups excluding carboxylic acids is 1. The minimum atomic E-state index is -0.111. The number of aryl methyl sites for hydroxylation is 1. The van der Waals surface area contributed by atoms with Gasteiger partial charge in [0, 0.05) is 7.05 Å². The maximum atomic E-state index is 12.2. The molecular formula is C14H20N2O. The molecule has 3 nitrogen and oxygen atoms in total. The summed E-state index contributed by atoms with van der Waals surface area (Å²) in [7, 11) is 1.86. The topological polar surface area (TPSA) is 32.3 Å². The second-order valence-corrected chi connectivity index (χ2v) is 4.97. The number of carbonyl (C=O) groups is 1. The predicted molar refractivity (Wildman–Crippen MR) is 71.5 cm³/mol. The van der Waals surface area contributed by atoms with E-state index >= 15 is 0 Å². The number of rotatable bonds is 2. The SMILES string of the molecule is CCc1ccc2c(c1)N(C)C(=O)C(C(C)C)N2. The van der Waals surface area contributed by atoms with Crippen LogP contribution in [0.5, 0.6) is 0 Å². The van der Waals surface area contributed by atoms with Crippen LogP contribution in [0, 0.1) is 5.92 Å². The summed E-state index contributed by atoms with van der Waals surface area (Å²) in [6.45, 7) is 6.25. The Labute approximate surface area is 103 Å². The molecule has 0 aliphatic carbocycles. The average Bonchev–Trinajstić information content (AvgIpc) is 2.33. The number of nitrogens with one attached hydrogen (secondary N) is 1. The minimum absolute atomic E-state index is 0.111. The maximum Gasteiger partial charge on any atom is 0.249 e. The lowest BCUT2D eigenvalue weighted by molar-refractivity contribution is -0.120. The third-order valence-electron chi connectivity index (χ3n) is 3.41. The first-order valence-electron chi connectivity index (χ1n) is 6.21. The maximum absolute atomic E-state index is 12.2. The van der Waals surface area contributed by atoms with Crippen LogP contribution in [0.1, 0.15) is 26.3 Å². The van der Waals surface area contributed by atoms with Crippen molar-refractivity contribution in [2.75, 3.05) is 17.3 Å². The van der Waals surface area contributed by atoms with E-state index < -0.39 is 0 Å². The molecule has 1 heterocycles. The Morgan fingerprint density at radius 3 is 2.71 bits per heavy atom. The van der Waals surface area contributed by atoms with Gasteiger partial charge in [-0.2, -0.15) is 0 Å². The van der Waals surface area contributed by atoms with Crippen LogP contribution in [-0.2, 0) is 11.2 Å². The Morgan fingerprint density at radius 2 is 2.12 bits per heavy atom. The Hall–Kier alpha value is -1.51. The van der Waals surface area contributed by atoms with Gasteiger partial charge in [0.25, 0.3) is 0 Å². The molecule has 0 radical (unpaired) electrons. The Balaban J connectivity index is 2.41. The molecule has 1 unspecified atom stereocenters. The highest BCUT2D eigenvalue weighted by Gasteiger charge is 2.31.